The van der Waals surface area contributed by atoms with E-state index in [0.717, 1.165) is 31.0 Å². The SMILES string of the molecule is CCCn1cncc1CNC(CC)c1ccc(Cl)cc1. The Morgan fingerprint density at radius 3 is 2.65 bits per heavy atom. The number of rotatable bonds is 7. The summed E-state index contributed by atoms with van der Waals surface area (Å²) >= 11 is 5.94. The molecule has 0 radical (unpaired) electrons. The molecule has 0 amide bonds. The number of nitrogens with zero attached hydrogens (tertiary/aromatic N) is 2. The lowest BCUT2D eigenvalue weighted by atomic mass is 10.0. The Labute approximate surface area is 126 Å². The van der Waals surface area contributed by atoms with Crippen molar-refractivity contribution < 1.29 is 0 Å². The summed E-state index contributed by atoms with van der Waals surface area (Å²) in [6.45, 7) is 6.23. The topological polar surface area (TPSA) is 29.9 Å². The minimum absolute atomic E-state index is 0.345. The van der Waals surface area contributed by atoms with E-state index in [1.807, 2.05) is 24.7 Å². The molecule has 1 atom stereocenters. The maximum atomic E-state index is 5.94. The van der Waals surface area contributed by atoms with Gasteiger partial charge < -0.3 is 9.88 Å². The highest BCUT2D eigenvalue weighted by atomic mass is 35.5. The average molecular weight is 292 g/mol. The molecule has 1 unspecified atom stereocenters. The molecule has 0 spiro atoms. The number of aromatic nitrogens is 2. The smallest absolute Gasteiger partial charge is 0.0948 e. The van der Waals surface area contributed by atoms with Gasteiger partial charge in [-0.2, -0.15) is 0 Å². The lowest BCUT2D eigenvalue weighted by Crippen LogP contribution is -2.21. The second-order valence-corrected chi connectivity index (χ2v) is 5.41. The zero-order valence-corrected chi connectivity index (χ0v) is 12.9. The Morgan fingerprint density at radius 1 is 1.25 bits per heavy atom. The molecule has 4 heteroatoms. The molecule has 1 N–H and O–H groups in total. The van der Waals surface area contributed by atoms with Gasteiger partial charge in [0.1, 0.15) is 0 Å². The van der Waals surface area contributed by atoms with E-state index in [1.54, 1.807) is 0 Å². The molecule has 1 aromatic carbocycles. The van der Waals surface area contributed by atoms with Crippen LogP contribution < -0.4 is 5.32 Å². The molecule has 2 rings (SSSR count). The second kappa shape index (κ2) is 7.46. The van der Waals surface area contributed by atoms with Crippen LogP contribution in [0.15, 0.2) is 36.8 Å². The quantitative estimate of drug-likeness (QED) is 0.829. The molecule has 0 bridgehead atoms. The molecular weight excluding hydrogens is 270 g/mol. The summed E-state index contributed by atoms with van der Waals surface area (Å²) in [7, 11) is 0. The summed E-state index contributed by atoms with van der Waals surface area (Å²) in [6.07, 6.45) is 6.02. The standard InChI is InChI=1S/C16H22ClN3/c1-3-9-20-12-18-10-15(20)11-19-16(4-2)13-5-7-14(17)8-6-13/h5-8,10,12,16,19H,3-4,9,11H2,1-2H3. The zero-order chi connectivity index (χ0) is 14.4. The number of imidazole rings is 1. The second-order valence-electron chi connectivity index (χ2n) is 4.97. The molecule has 0 aliphatic rings. The average Bonchev–Trinajstić information content (AvgIpc) is 2.89. The third-order valence-electron chi connectivity index (χ3n) is 3.47. The number of benzene rings is 1. The molecule has 0 saturated heterocycles. The van der Waals surface area contributed by atoms with Crippen LogP contribution >= 0.6 is 11.6 Å². The number of nitrogens with one attached hydrogen (secondary N) is 1. The number of hydrogen-bond donors (Lipinski definition) is 1. The summed E-state index contributed by atoms with van der Waals surface area (Å²) in [5.41, 5.74) is 2.51. The summed E-state index contributed by atoms with van der Waals surface area (Å²) < 4.78 is 2.21. The van der Waals surface area contributed by atoms with Gasteiger partial charge in [-0.3, -0.25) is 0 Å². The van der Waals surface area contributed by atoms with Crippen LogP contribution in [0, 0.1) is 0 Å². The van der Waals surface area contributed by atoms with E-state index in [9.17, 15) is 0 Å². The third kappa shape index (κ3) is 3.84. The van der Waals surface area contributed by atoms with Crippen molar-refractivity contribution >= 4 is 11.6 Å². The molecule has 0 fully saturated rings. The van der Waals surface area contributed by atoms with E-state index in [2.05, 4.69) is 40.8 Å². The molecule has 1 heterocycles. The fourth-order valence-electron chi connectivity index (χ4n) is 2.36. The van der Waals surface area contributed by atoms with Crippen LogP contribution in [-0.2, 0) is 13.1 Å². The lowest BCUT2D eigenvalue weighted by molar-refractivity contribution is 0.500. The van der Waals surface area contributed by atoms with Crippen LogP contribution in [0.4, 0.5) is 0 Å². The maximum absolute atomic E-state index is 5.94. The van der Waals surface area contributed by atoms with Gasteiger partial charge in [0.15, 0.2) is 0 Å². The van der Waals surface area contributed by atoms with Crippen LogP contribution in [-0.4, -0.2) is 9.55 Å². The van der Waals surface area contributed by atoms with Crippen molar-refractivity contribution in [3.63, 3.8) is 0 Å². The van der Waals surface area contributed by atoms with E-state index in [0.29, 0.717) is 6.04 Å². The first kappa shape index (κ1) is 15.1. The molecule has 0 aliphatic carbocycles. The Bertz CT molecular complexity index is 519. The van der Waals surface area contributed by atoms with Crippen molar-refractivity contribution in [3.8, 4) is 0 Å². The fourth-order valence-corrected chi connectivity index (χ4v) is 2.48. The van der Waals surface area contributed by atoms with Crippen LogP contribution in [0.3, 0.4) is 0 Å². The summed E-state index contributed by atoms with van der Waals surface area (Å²) in [5, 5.41) is 4.38. The summed E-state index contributed by atoms with van der Waals surface area (Å²) in [6, 6.07) is 8.42. The van der Waals surface area contributed by atoms with Crippen molar-refractivity contribution in [1.82, 2.24) is 14.9 Å². The monoisotopic (exact) mass is 291 g/mol. The normalized spacial score (nSPS) is 12.6. The van der Waals surface area contributed by atoms with Crippen molar-refractivity contribution in [2.75, 3.05) is 0 Å². The first-order chi connectivity index (χ1) is 9.74. The van der Waals surface area contributed by atoms with Crippen LogP contribution in [0.5, 0.6) is 0 Å². The van der Waals surface area contributed by atoms with E-state index in [4.69, 9.17) is 11.6 Å². The first-order valence-corrected chi connectivity index (χ1v) is 7.60. The molecular formula is C16H22ClN3. The highest BCUT2D eigenvalue weighted by Crippen LogP contribution is 2.19. The summed E-state index contributed by atoms with van der Waals surface area (Å²) in [5.74, 6) is 0. The fraction of sp³-hybridized carbons (Fsp3) is 0.438. The van der Waals surface area contributed by atoms with Gasteiger partial charge in [0.25, 0.3) is 0 Å². The highest BCUT2D eigenvalue weighted by molar-refractivity contribution is 6.30. The number of halogens is 1. The van der Waals surface area contributed by atoms with E-state index in [1.165, 1.54) is 11.3 Å². The van der Waals surface area contributed by atoms with E-state index < -0.39 is 0 Å². The van der Waals surface area contributed by atoms with Gasteiger partial charge >= 0.3 is 0 Å². The summed E-state index contributed by atoms with van der Waals surface area (Å²) in [4.78, 5) is 4.23. The van der Waals surface area contributed by atoms with Gasteiger partial charge in [-0.1, -0.05) is 37.6 Å². The largest absolute Gasteiger partial charge is 0.333 e. The van der Waals surface area contributed by atoms with Gasteiger partial charge in [-0.15, -0.1) is 0 Å². The molecule has 20 heavy (non-hydrogen) atoms. The van der Waals surface area contributed by atoms with Crippen molar-refractivity contribution in [2.24, 2.45) is 0 Å². The third-order valence-corrected chi connectivity index (χ3v) is 3.73. The molecule has 0 aliphatic heterocycles. The molecule has 0 saturated carbocycles. The van der Waals surface area contributed by atoms with Crippen LogP contribution in [0.25, 0.3) is 0 Å². The Balaban J connectivity index is 2.00. The van der Waals surface area contributed by atoms with E-state index in [-0.39, 0.29) is 0 Å². The highest BCUT2D eigenvalue weighted by Gasteiger charge is 2.10. The predicted octanol–water partition coefficient (Wildman–Crippen LogP) is 4.19. The minimum atomic E-state index is 0.345. The molecule has 2 aromatic rings. The molecule has 1 aromatic heterocycles. The molecule has 108 valence electrons. The van der Waals surface area contributed by atoms with Gasteiger partial charge in [-0.25, -0.2) is 4.98 Å². The lowest BCUT2D eigenvalue weighted by Gasteiger charge is -2.18. The predicted molar refractivity (Wildman–Crippen MR) is 83.8 cm³/mol. The van der Waals surface area contributed by atoms with Gasteiger partial charge in [0, 0.05) is 30.4 Å². The zero-order valence-electron chi connectivity index (χ0n) is 12.1. The van der Waals surface area contributed by atoms with Gasteiger partial charge in [-0.05, 0) is 30.5 Å². The minimum Gasteiger partial charge on any atom is -0.333 e. The Kier molecular flexibility index (Phi) is 5.62. The van der Waals surface area contributed by atoms with Crippen molar-refractivity contribution in [3.05, 3.63) is 53.1 Å². The molecule has 3 nitrogen and oxygen atoms in total. The van der Waals surface area contributed by atoms with Crippen molar-refractivity contribution in [1.29, 1.82) is 0 Å². The van der Waals surface area contributed by atoms with Crippen LogP contribution in [0.1, 0.15) is 44.0 Å². The Morgan fingerprint density at radius 2 is 2.00 bits per heavy atom. The number of aryl methyl sites for hydroxylation is 1. The maximum Gasteiger partial charge on any atom is 0.0948 e. The van der Waals surface area contributed by atoms with Crippen molar-refractivity contribution in [2.45, 2.75) is 45.8 Å². The van der Waals surface area contributed by atoms with E-state index >= 15 is 0 Å². The number of hydrogen-bond acceptors (Lipinski definition) is 2. The first-order valence-electron chi connectivity index (χ1n) is 7.22. The Hall–Kier alpha value is -1.32. The van der Waals surface area contributed by atoms with Gasteiger partial charge in [0.05, 0.1) is 12.0 Å². The van der Waals surface area contributed by atoms with Crippen LogP contribution in [0.2, 0.25) is 5.02 Å². The van der Waals surface area contributed by atoms with Gasteiger partial charge in [0.2, 0.25) is 0 Å².